The number of aryl methyl sites for hydroxylation is 1. The fraction of sp³-hybridized carbons (Fsp3) is 0.350. The van der Waals surface area contributed by atoms with E-state index in [1.54, 1.807) is 13.0 Å². The average Bonchev–Trinajstić information content (AvgIpc) is 3.30. The summed E-state index contributed by atoms with van der Waals surface area (Å²) in [6, 6.07) is 8.55. The summed E-state index contributed by atoms with van der Waals surface area (Å²) < 4.78 is 59.0. The van der Waals surface area contributed by atoms with Gasteiger partial charge in [0.05, 0.1) is 12.0 Å². The van der Waals surface area contributed by atoms with Crippen LogP contribution in [0.5, 0.6) is 5.75 Å². The van der Waals surface area contributed by atoms with Crippen molar-refractivity contribution in [2.45, 2.75) is 29.6 Å². The first-order chi connectivity index (χ1) is 14.6. The zero-order chi connectivity index (χ0) is 22.8. The Bertz CT molecular complexity index is 1200. The quantitative estimate of drug-likeness (QED) is 0.642. The molecular formula is C20H25N3O6S2. The van der Waals surface area contributed by atoms with Crippen LogP contribution in [0.4, 0.5) is 5.69 Å². The van der Waals surface area contributed by atoms with Crippen LogP contribution in [0.3, 0.4) is 0 Å². The van der Waals surface area contributed by atoms with Gasteiger partial charge in [-0.05, 0) is 62.7 Å². The Hall–Kier alpha value is -2.47. The summed E-state index contributed by atoms with van der Waals surface area (Å²) in [7, 11) is -4.82. The molecule has 0 spiro atoms. The van der Waals surface area contributed by atoms with Crippen molar-refractivity contribution < 1.29 is 26.4 Å². The first kappa shape index (κ1) is 23.2. The van der Waals surface area contributed by atoms with Crippen LogP contribution in [0.15, 0.2) is 46.2 Å². The highest BCUT2D eigenvalue weighted by Crippen LogP contribution is 2.30. The second-order valence-corrected chi connectivity index (χ2v) is 10.9. The van der Waals surface area contributed by atoms with Crippen molar-refractivity contribution in [2.75, 3.05) is 32.6 Å². The van der Waals surface area contributed by atoms with Crippen LogP contribution in [-0.4, -0.2) is 54.3 Å². The first-order valence-electron chi connectivity index (χ1n) is 9.64. The number of amides is 1. The number of carbonyl (C=O) groups excluding carboxylic acids is 1. The second kappa shape index (κ2) is 8.95. The van der Waals surface area contributed by atoms with Gasteiger partial charge in [-0.3, -0.25) is 4.79 Å². The molecule has 0 radical (unpaired) electrons. The molecule has 1 heterocycles. The number of carbonyl (C=O) groups is 1. The number of sulfonamides is 2. The lowest BCUT2D eigenvalue weighted by molar-refractivity contribution is 0.102. The van der Waals surface area contributed by atoms with E-state index in [2.05, 4.69) is 10.0 Å². The van der Waals surface area contributed by atoms with Crippen LogP contribution < -0.4 is 14.8 Å². The van der Waals surface area contributed by atoms with Crippen molar-refractivity contribution in [3.8, 4) is 5.75 Å². The van der Waals surface area contributed by atoms with Crippen molar-refractivity contribution >= 4 is 31.6 Å². The standard InChI is InChI=1S/C20H25N3O6S2/c1-14-6-8-16(30(25,26)21-2)13-17(14)22-20(24)15-7-9-18(29-3)19(12-15)31(27,28)23-10-4-5-11-23/h6-9,12-13,21H,4-5,10-11H2,1-3H3,(H,22,24). The van der Waals surface area contributed by atoms with Crippen molar-refractivity contribution in [3.63, 3.8) is 0 Å². The maximum atomic E-state index is 13.0. The summed E-state index contributed by atoms with van der Waals surface area (Å²) in [6.45, 7) is 2.57. The Morgan fingerprint density at radius 1 is 1.03 bits per heavy atom. The normalized spacial score (nSPS) is 15.1. The van der Waals surface area contributed by atoms with Gasteiger partial charge in [0.1, 0.15) is 10.6 Å². The molecule has 0 atom stereocenters. The van der Waals surface area contributed by atoms with Crippen molar-refractivity contribution in [2.24, 2.45) is 0 Å². The molecule has 0 aromatic heterocycles. The summed E-state index contributed by atoms with van der Waals surface area (Å²) in [5, 5.41) is 2.67. The van der Waals surface area contributed by atoms with E-state index in [1.807, 2.05) is 0 Å². The number of methoxy groups -OCH3 is 1. The first-order valence-corrected chi connectivity index (χ1v) is 12.6. The Balaban J connectivity index is 1.96. The minimum atomic E-state index is -3.81. The molecule has 1 saturated heterocycles. The second-order valence-electron chi connectivity index (χ2n) is 7.12. The maximum Gasteiger partial charge on any atom is 0.255 e. The zero-order valence-corrected chi connectivity index (χ0v) is 19.1. The molecule has 0 saturated carbocycles. The Labute approximate surface area is 182 Å². The third-order valence-corrected chi connectivity index (χ3v) is 8.48. The SMILES string of the molecule is CNS(=O)(=O)c1ccc(C)c(NC(=O)c2ccc(OC)c(S(=O)(=O)N3CCCC3)c2)c1. The van der Waals surface area contributed by atoms with Gasteiger partial charge in [-0.15, -0.1) is 0 Å². The third-order valence-electron chi connectivity index (χ3n) is 5.14. The highest BCUT2D eigenvalue weighted by atomic mass is 32.2. The van der Waals surface area contributed by atoms with Gasteiger partial charge in [0.15, 0.2) is 0 Å². The molecule has 0 unspecified atom stereocenters. The van der Waals surface area contributed by atoms with E-state index in [1.165, 1.54) is 48.8 Å². The average molecular weight is 468 g/mol. The molecule has 0 bridgehead atoms. The number of nitrogens with zero attached hydrogens (tertiary/aromatic N) is 1. The van der Waals surface area contributed by atoms with Crippen molar-refractivity contribution in [1.29, 1.82) is 0 Å². The molecule has 1 aliphatic rings. The Kier molecular flexibility index (Phi) is 6.70. The van der Waals surface area contributed by atoms with Crippen molar-refractivity contribution in [3.05, 3.63) is 47.5 Å². The molecule has 0 aliphatic carbocycles. The highest BCUT2D eigenvalue weighted by Gasteiger charge is 2.30. The Morgan fingerprint density at radius 3 is 2.32 bits per heavy atom. The van der Waals surface area contributed by atoms with Crippen LogP contribution in [0.2, 0.25) is 0 Å². The van der Waals surface area contributed by atoms with Crippen LogP contribution >= 0.6 is 0 Å². The predicted molar refractivity (Wildman–Crippen MR) is 116 cm³/mol. The molecule has 1 fully saturated rings. The van der Waals surface area contributed by atoms with E-state index in [4.69, 9.17) is 4.74 Å². The van der Waals surface area contributed by atoms with Gasteiger partial charge < -0.3 is 10.1 Å². The summed E-state index contributed by atoms with van der Waals surface area (Å²) in [5.74, 6) is -0.413. The molecule has 11 heteroatoms. The molecule has 3 rings (SSSR count). The molecule has 2 N–H and O–H groups in total. The lowest BCUT2D eigenvalue weighted by Crippen LogP contribution is -2.28. The molecular weight excluding hydrogens is 442 g/mol. The van der Waals surface area contributed by atoms with E-state index < -0.39 is 26.0 Å². The predicted octanol–water partition coefficient (Wildman–Crippen LogP) is 1.95. The van der Waals surface area contributed by atoms with Gasteiger partial charge in [0.2, 0.25) is 20.0 Å². The molecule has 168 valence electrons. The zero-order valence-electron chi connectivity index (χ0n) is 17.5. The maximum absolute atomic E-state index is 13.0. The topological polar surface area (TPSA) is 122 Å². The van der Waals surface area contributed by atoms with E-state index >= 15 is 0 Å². The molecule has 9 nitrogen and oxygen atoms in total. The number of ether oxygens (including phenoxy) is 1. The van der Waals surface area contributed by atoms with E-state index in [9.17, 15) is 21.6 Å². The van der Waals surface area contributed by atoms with Crippen LogP contribution in [0.1, 0.15) is 28.8 Å². The van der Waals surface area contributed by atoms with Gasteiger partial charge in [-0.2, -0.15) is 4.31 Å². The third kappa shape index (κ3) is 4.74. The van der Waals surface area contributed by atoms with Crippen molar-refractivity contribution in [1.82, 2.24) is 9.03 Å². The van der Waals surface area contributed by atoms with Crippen LogP contribution in [-0.2, 0) is 20.0 Å². The summed E-state index contributed by atoms with van der Waals surface area (Å²) in [5.41, 5.74) is 1.07. The van der Waals surface area contributed by atoms with Gasteiger partial charge in [0.25, 0.3) is 5.91 Å². The smallest absolute Gasteiger partial charge is 0.255 e. The number of hydrogen-bond donors (Lipinski definition) is 2. The number of nitrogens with one attached hydrogen (secondary N) is 2. The van der Waals surface area contributed by atoms with E-state index in [-0.39, 0.29) is 21.1 Å². The van der Waals surface area contributed by atoms with Crippen LogP contribution in [0, 0.1) is 6.92 Å². The number of anilines is 1. The Morgan fingerprint density at radius 2 is 1.71 bits per heavy atom. The number of hydrogen-bond acceptors (Lipinski definition) is 6. The summed E-state index contributed by atoms with van der Waals surface area (Å²) >= 11 is 0. The molecule has 31 heavy (non-hydrogen) atoms. The number of rotatable bonds is 7. The minimum absolute atomic E-state index is 0.00271. The van der Waals surface area contributed by atoms with E-state index in [0.717, 1.165) is 12.8 Å². The monoisotopic (exact) mass is 467 g/mol. The van der Waals surface area contributed by atoms with Crippen LogP contribution in [0.25, 0.3) is 0 Å². The molecule has 2 aromatic rings. The van der Waals surface area contributed by atoms with Gasteiger partial charge in [-0.25, -0.2) is 21.6 Å². The highest BCUT2D eigenvalue weighted by molar-refractivity contribution is 7.89. The summed E-state index contributed by atoms with van der Waals surface area (Å²) in [4.78, 5) is 12.8. The fourth-order valence-corrected chi connectivity index (χ4v) is 5.76. The molecule has 2 aromatic carbocycles. The molecule has 1 aliphatic heterocycles. The fourth-order valence-electron chi connectivity index (χ4n) is 3.30. The van der Waals surface area contributed by atoms with Gasteiger partial charge in [-0.1, -0.05) is 6.07 Å². The van der Waals surface area contributed by atoms with E-state index in [0.29, 0.717) is 24.3 Å². The van der Waals surface area contributed by atoms with Gasteiger partial charge in [0, 0.05) is 24.3 Å². The van der Waals surface area contributed by atoms with Gasteiger partial charge >= 0.3 is 0 Å². The lowest BCUT2D eigenvalue weighted by atomic mass is 10.1. The largest absolute Gasteiger partial charge is 0.495 e. The number of benzene rings is 2. The molecule has 1 amide bonds. The minimum Gasteiger partial charge on any atom is -0.495 e. The lowest BCUT2D eigenvalue weighted by Gasteiger charge is -2.18. The summed E-state index contributed by atoms with van der Waals surface area (Å²) in [6.07, 6.45) is 1.57.